The van der Waals surface area contributed by atoms with Crippen LogP contribution in [0.25, 0.3) is 0 Å². The van der Waals surface area contributed by atoms with Crippen LogP contribution in [0.1, 0.15) is 18.5 Å². The molecule has 1 unspecified atom stereocenters. The van der Waals surface area contributed by atoms with Crippen LogP contribution in [-0.4, -0.2) is 18.3 Å². The van der Waals surface area contributed by atoms with E-state index in [-0.39, 0.29) is 5.75 Å². The number of phenols is 1. The van der Waals surface area contributed by atoms with Gasteiger partial charge in [-0.25, -0.2) is 0 Å². The van der Waals surface area contributed by atoms with E-state index in [4.69, 9.17) is 16.4 Å². The minimum Gasteiger partial charge on any atom is -0.504 e. The summed E-state index contributed by atoms with van der Waals surface area (Å²) in [5.74, 6) is 2.84. The molecule has 4 nitrogen and oxygen atoms in total. The first kappa shape index (κ1) is 12.9. The van der Waals surface area contributed by atoms with E-state index in [0.717, 1.165) is 0 Å². The SMILES string of the molecule is C#CCNC(C#N)c1ccc(O)c(OCC)c1. The Morgan fingerprint density at radius 2 is 2.35 bits per heavy atom. The summed E-state index contributed by atoms with van der Waals surface area (Å²) in [5, 5.41) is 21.4. The van der Waals surface area contributed by atoms with Crippen LogP contribution in [0.4, 0.5) is 0 Å². The van der Waals surface area contributed by atoms with Gasteiger partial charge in [0.15, 0.2) is 11.5 Å². The molecule has 88 valence electrons. The zero-order valence-electron chi connectivity index (χ0n) is 9.60. The molecule has 0 aliphatic carbocycles. The number of ether oxygens (including phenoxy) is 1. The number of benzene rings is 1. The summed E-state index contributed by atoms with van der Waals surface area (Å²) in [7, 11) is 0. The van der Waals surface area contributed by atoms with E-state index >= 15 is 0 Å². The maximum absolute atomic E-state index is 9.54. The summed E-state index contributed by atoms with van der Waals surface area (Å²) in [6.45, 7) is 2.58. The minimum atomic E-state index is -0.508. The molecule has 0 saturated heterocycles. The summed E-state index contributed by atoms with van der Waals surface area (Å²) in [4.78, 5) is 0. The summed E-state index contributed by atoms with van der Waals surface area (Å²) >= 11 is 0. The predicted molar refractivity (Wildman–Crippen MR) is 64.5 cm³/mol. The Balaban J connectivity index is 2.93. The standard InChI is InChI=1S/C13H14N2O2/c1-3-7-15-11(9-14)10-5-6-12(16)13(8-10)17-4-2/h1,5-6,8,11,15-16H,4,7H2,2H3. The number of terminal acetylenes is 1. The average Bonchev–Trinajstić information content (AvgIpc) is 2.34. The number of nitrogens with zero attached hydrogens (tertiary/aromatic N) is 1. The van der Waals surface area contributed by atoms with Crippen LogP contribution in [0.3, 0.4) is 0 Å². The van der Waals surface area contributed by atoms with Crippen molar-refractivity contribution in [2.24, 2.45) is 0 Å². The van der Waals surface area contributed by atoms with Gasteiger partial charge in [0, 0.05) is 0 Å². The van der Waals surface area contributed by atoms with Crippen LogP contribution in [0.15, 0.2) is 18.2 Å². The molecule has 2 N–H and O–H groups in total. The lowest BCUT2D eigenvalue weighted by atomic mass is 10.1. The quantitative estimate of drug-likeness (QED) is 0.754. The fraction of sp³-hybridized carbons (Fsp3) is 0.308. The summed E-state index contributed by atoms with van der Waals surface area (Å²) in [5.41, 5.74) is 0.712. The van der Waals surface area contributed by atoms with Crippen LogP contribution in [0.5, 0.6) is 11.5 Å². The fourth-order valence-electron chi connectivity index (χ4n) is 1.38. The van der Waals surface area contributed by atoms with Gasteiger partial charge in [-0.1, -0.05) is 12.0 Å². The highest BCUT2D eigenvalue weighted by atomic mass is 16.5. The molecule has 0 aromatic heterocycles. The van der Waals surface area contributed by atoms with Crippen molar-refractivity contribution in [3.05, 3.63) is 23.8 Å². The normalized spacial score (nSPS) is 11.2. The van der Waals surface area contributed by atoms with Crippen molar-refractivity contribution < 1.29 is 9.84 Å². The van der Waals surface area contributed by atoms with Gasteiger partial charge in [0.1, 0.15) is 6.04 Å². The molecule has 0 aliphatic rings. The van der Waals surface area contributed by atoms with E-state index in [1.54, 1.807) is 12.1 Å². The Labute approximate surface area is 101 Å². The van der Waals surface area contributed by atoms with Gasteiger partial charge < -0.3 is 9.84 Å². The van der Waals surface area contributed by atoms with Gasteiger partial charge in [-0.05, 0) is 24.6 Å². The maximum atomic E-state index is 9.54. The fourth-order valence-corrected chi connectivity index (χ4v) is 1.38. The van der Waals surface area contributed by atoms with Crippen LogP contribution < -0.4 is 10.1 Å². The van der Waals surface area contributed by atoms with Crippen LogP contribution in [-0.2, 0) is 0 Å². The van der Waals surface area contributed by atoms with Gasteiger partial charge in [0.2, 0.25) is 0 Å². The molecule has 1 rings (SSSR count). The molecular formula is C13H14N2O2. The molecule has 17 heavy (non-hydrogen) atoms. The molecule has 0 aliphatic heterocycles. The van der Waals surface area contributed by atoms with E-state index in [0.29, 0.717) is 24.5 Å². The second kappa shape index (κ2) is 6.42. The van der Waals surface area contributed by atoms with E-state index in [9.17, 15) is 5.11 Å². The lowest BCUT2D eigenvalue weighted by molar-refractivity contribution is 0.317. The topological polar surface area (TPSA) is 65.3 Å². The molecule has 0 radical (unpaired) electrons. The zero-order valence-corrected chi connectivity index (χ0v) is 9.60. The highest BCUT2D eigenvalue weighted by molar-refractivity contribution is 5.43. The molecule has 0 fully saturated rings. The molecule has 1 atom stereocenters. The first-order valence-corrected chi connectivity index (χ1v) is 5.25. The molecular weight excluding hydrogens is 216 g/mol. The summed E-state index contributed by atoms with van der Waals surface area (Å²) in [6, 6.07) is 6.39. The smallest absolute Gasteiger partial charge is 0.161 e. The molecule has 0 heterocycles. The predicted octanol–water partition coefficient (Wildman–Crippen LogP) is 1.58. The van der Waals surface area contributed by atoms with Crippen molar-refractivity contribution in [1.82, 2.24) is 5.32 Å². The van der Waals surface area contributed by atoms with Crippen molar-refractivity contribution in [1.29, 1.82) is 5.26 Å². The maximum Gasteiger partial charge on any atom is 0.161 e. The Morgan fingerprint density at radius 3 is 2.94 bits per heavy atom. The highest BCUT2D eigenvalue weighted by Crippen LogP contribution is 2.29. The lowest BCUT2D eigenvalue weighted by Crippen LogP contribution is -2.20. The second-order valence-corrected chi connectivity index (χ2v) is 3.31. The number of phenolic OH excluding ortho intramolecular Hbond substituents is 1. The number of nitriles is 1. The van der Waals surface area contributed by atoms with Gasteiger partial charge in [-0.15, -0.1) is 6.42 Å². The van der Waals surface area contributed by atoms with Crippen molar-refractivity contribution >= 4 is 0 Å². The Kier molecular flexibility index (Phi) is 4.87. The molecule has 1 aromatic rings. The molecule has 4 heteroatoms. The van der Waals surface area contributed by atoms with Crippen LogP contribution in [0, 0.1) is 23.7 Å². The molecule has 0 amide bonds. The number of aromatic hydroxyl groups is 1. The first-order valence-electron chi connectivity index (χ1n) is 5.25. The van der Waals surface area contributed by atoms with Gasteiger partial charge >= 0.3 is 0 Å². The summed E-state index contributed by atoms with van der Waals surface area (Å²) < 4.78 is 5.25. The average molecular weight is 230 g/mol. The van der Waals surface area contributed by atoms with Crippen molar-refractivity contribution in [2.75, 3.05) is 13.2 Å². The van der Waals surface area contributed by atoms with Crippen LogP contribution in [0.2, 0.25) is 0 Å². The molecule has 1 aromatic carbocycles. The van der Waals surface area contributed by atoms with E-state index in [1.807, 2.05) is 6.92 Å². The first-order chi connectivity index (χ1) is 8.22. The molecule has 0 spiro atoms. The van der Waals surface area contributed by atoms with Crippen LogP contribution >= 0.6 is 0 Å². The second-order valence-electron chi connectivity index (χ2n) is 3.31. The van der Waals surface area contributed by atoms with Crippen molar-refractivity contribution in [3.8, 4) is 29.9 Å². The molecule has 0 bridgehead atoms. The Morgan fingerprint density at radius 1 is 1.59 bits per heavy atom. The third kappa shape index (κ3) is 3.41. The zero-order chi connectivity index (χ0) is 12.7. The third-order valence-corrected chi connectivity index (χ3v) is 2.15. The lowest BCUT2D eigenvalue weighted by Gasteiger charge is -2.12. The van der Waals surface area contributed by atoms with E-state index in [2.05, 4.69) is 17.3 Å². The van der Waals surface area contributed by atoms with Crippen molar-refractivity contribution in [2.45, 2.75) is 13.0 Å². The van der Waals surface area contributed by atoms with Crippen molar-refractivity contribution in [3.63, 3.8) is 0 Å². The Bertz CT molecular complexity index is 457. The number of hydrogen-bond donors (Lipinski definition) is 2. The van der Waals surface area contributed by atoms with Gasteiger partial charge in [0.05, 0.1) is 19.2 Å². The third-order valence-electron chi connectivity index (χ3n) is 2.15. The van der Waals surface area contributed by atoms with Gasteiger partial charge in [-0.2, -0.15) is 5.26 Å². The van der Waals surface area contributed by atoms with Gasteiger partial charge in [-0.3, -0.25) is 5.32 Å². The summed E-state index contributed by atoms with van der Waals surface area (Å²) in [6.07, 6.45) is 5.12. The number of nitrogens with one attached hydrogen (secondary N) is 1. The largest absolute Gasteiger partial charge is 0.504 e. The Hall–Kier alpha value is -2.17. The number of hydrogen-bond acceptors (Lipinski definition) is 4. The minimum absolute atomic E-state index is 0.0595. The molecule has 0 saturated carbocycles. The van der Waals surface area contributed by atoms with E-state index in [1.165, 1.54) is 6.07 Å². The highest BCUT2D eigenvalue weighted by Gasteiger charge is 2.12. The van der Waals surface area contributed by atoms with E-state index < -0.39 is 6.04 Å². The monoisotopic (exact) mass is 230 g/mol. The number of rotatable bonds is 5. The van der Waals surface area contributed by atoms with Gasteiger partial charge in [0.25, 0.3) is 0 Å².